The number of hydrogen-bond acceptors (Lipinski definition) is 7. The molecule has 39 heavy (non-hydrogen) atoms. The Labute approximate surface area is 227 Å². The van der Waals surface area contributed by atoms with Crippen LogP contribution in [0.1, 0.15) is 32.6 Å². The van der Waals surface area contributed by atoms with Crippen molar-refractivity contribution in [2.75, 3.05) is 32.6 Å². The predicted octanol–water partition coefficient (Wildman–Crippen LogP) is 3.52. The number of hydrogen-bond donors (Lipinski definition) is 2. The fraction of sp³-hybridized carbons (Fsp3) is 0.267. The molecule has 3 aromatic rings. The van der Waals surface area contributed by atoms with Gasteiger partial charge in [-0.1, -0.05) is 30.3 Å². The van der Waals surface area contributed by atoms with Crippen LogP contribution in [0.4, 0.5) is 5.69 Å². The van der Waals surface area contributed by atoms with E-state index in [4.69, 9.17) is 24.7 Å². The summed E-state index contributed by atoms with van der Waals surface area (Å²) in [5.74, 6) is 0.585. The molecule has 2 amide bonds. The van der Waals surface area contributed by atoms with Gasteiger partial charge in [0, 0.05) is 30.9 Å². The second kappa shape index (κ2) is 11.5. The minimum atomic E-state index is -1.25. The molecule has 5 rings (SSSR count). The van der Waals surface area contributed by atoms with Crippen molar-refractivity contribution in [1.82, 2.24) is 4.90 Å². The van der Waals surface area contributed by atoms with Crippen molar-refractivity contribution in [2.24, 2.45) is 5.73 Å². The molecule has 0 saturated heterocycles. The predicted molar refractivity (Wildman–Crippen MR) is 145 cm³/mol. The van der Waals surface area contributed by atoms with Crippen LogP contribution in [0.5, 0.6) is 11.5 Å². The number of nitrogens with two attached hydrogens (primary N) is 1. The van der Waals surface area contributed by atoms with Gasteiger partial charge < -0.3 is 30.0 Å². The zero-order valence-electron chi connectivity index (χ0n) is 21.9. The van der Waals surface area contributed by atoms with Gasteiger partial charge in [0.25, 0.3) is 11.8 Å². The number of methoxy groups -OCH3 is 2. The maximum atomic E-state index is 13.0. The Morgan fingerprint density at radius 2 is 1.77 bits per heavy atom. The number of anilines is 1. The molecule has 1 unspecified atom stereocenters. The van der Waals surface area contributed by atoms with Crippen LogP contribution in [0.25, 0.3) is 5.76 Å². The zero-order chi connectivity index (χ0) is 27.4. The second-order valence-corrected chi connectivity index (χ2v) is 9.35. The molecule has 2 aliphatic rings. The van der Waals surface area contributed by atoms with Crippen LogP contribution in [0.15, 0.2) is 60.7 Å². The molecule has 0 saturated carbocycles. The molecule has 1 radical (unpaired) electrons. The summed E-state index contributed by atoms with van der Waals surface area (Å²) < 4.78 is 21.3. The van der Waals surface area contributed by atoms with Gasteiger partial charge in [-0.15, -0.1) is 0 Å². The number of nitrogens with one attached hydrogen (secondary N) is 1. The van der Waals surface area contributed by atoms with Crippen molar-refractivity contribution in [3.8, 4) is 11.5 Å². The maximum absolute atomic E-state index is 13.0. The monoisotopic (exact) mass is 528 g/mol. The van der Waals surface area contributed by atoms with E-state index in [1.807, 2.05) is 24.3 Å². The van der Waals surface area contributed by atoms with Gasteiger partial charge in [-0.2, -0.15) is 0 Å². The topological polar surface area (TPSA) is 112 Å². The highest BCUT2D eigenvalue weighted by molar-refractivity contribution is 6.07. The molecule has 9 nitrogen and oxygen atoms in total. The lowest BCUT2D eigenvalue weighted by atomic mass is 9.98. The minimum Gasteiger partial charge on any atom is -0.493 e. The van der Waals surface area contributed by atoms with E-state index in [1.54, 1.807) is 38.5 Å². The van der Waals surface area contributed by atoms with Gasteiger partial charge in [-0.3, -0.25) is 14.5 Å². The van der Waals surface area contributed by atoms with Crippen LogP contribution >= 0.6 is 0 Å². The number of benzene rings is 3. The Balaban J connectivity index is 1.18. The molecule has 0 aliphatic carbocycles. The average molecular weight is 529 g/mol. The zero-order valence-corrected chi connectivity index (χ0v) is 21.9. The third kappa shape index (κ3) is 5.83. The third-order valence-electron chi connectivity index (χ3n) is 6.86. The van der Waals surface area contributed by atoms with Gasteiger partial charge in [0.15, 0.2) is 17.3 Å². The first-order valence-corrected chi connectivity index (χ1v) is 12.7. The number of ether oxygens (including phenoxy) is 4. The molecule has 2 aliphatic heterocycles. The molecular weight excluding hydrogens is 498 g/mol. The number of nitrogens with zero attached hydrogens (tertiary/aromatic N) is 1. The van der Waals surface area contributed by atoms with Crippen LogP contribution in [0, 0.1) is 6.26 Å². The standard InChI is InChI=1S/C30H30N3O6/c1-36-25-15-20-12-14-33(17-21(20)16-26(25)37-2)13-11-19-7-9-22(10-8-19)32-29(35)24-6-4-3-5-23(24)27-18-38-30(39-27)28(31)34/h3-10,15-16,30H,11-14,17H2,1-2H3,(H2,31,34)(H,32,35). The molecule has 201 valence electrons. The largest absolute Gasteiger partial charge is 0.493 e. The number of fused-ring (bicyclic) bond motifs is 1. The summed E-state index contributed by atoms with van der Waals surface area (Å²) in [5, 5.41) is 2.92. The van der Waals surface area contributed by atoms with Gasteiger partial charge in [0.05, 0.1) is 19.8 Å². The lowest BCUT2D eigenvalue weighted by Gasteiger charge is -2.29. The number of carbonyl (C=O) groups excluding carboxylic acids is 2. The Bertz CT molecular complexity index is 1400. The van der Waals surface area contributed by atoms with E-state index in [2.05, 4.69) is 28.6 Å². The van der Waals surface area contributed by atoms with Crippen LogP contribution < -0.4 is 20.5 Å². The van der Waals surface area contributed by atoms with Crippen molar-refractivity contribution >= 4 is 23.3 Å². The molecule has 3 aromatic carbocycles. The summed E-state index contributed by atoms with van der Waals surface area (Å²) in [7, 11) is 3.32. The highest BCUT2D eigenvalue weighted by Gasteiger charge is 2.29. The molecule has 0 bridgehead atoms. The molecular formula is C30H30N3O6. The van der Waals surface area contributed by atoms with Crippen LogP contribution in [0.3, 0.4) is 0 Å². The second-order valence-electron chi connectivity index (χ2n) is 9.35. The molecule has 3 N–H and O–H groups in total. The normalized spacial score (nSPS) is 16.4. The minimum absolute atomic E-state index is 0.151. The fourth-order valence-electron chi connectivity index (χ4n) is 4.75. The number of amides is 2. The Kier molecular flexibility index (Phi) is 7.69. The van der Waals surface area contributed by atoms with E-state index in [-0.39, 0.29) is 11.7 Å². The number of rotatable bonds is 9. The van der Waals surface area contributed by atoms with Gasteiger partial charge in [-0.05, 0) is 59.9 Å². The first kappa shape index (κ1) is 26.1. The highest BCUT2D eigenvalue weighted by atomic mass is 16.7. The number of primary amides is 1. The van der Waals surface area contributed by atoms with E-state index < -0.39 is 12.2 Å². The summed E-state index contributed by atoms with van der Waals surface area (Å²) in [4.78, 5) is 26.8. The molecule has 2 heterocycles. The van der Waals surface area contributed by atoms with Gasteiger partial charge in [0.1, 0.15) is 0 Å². The van der Waals surface area contributed by atoms with Crippen LogP contribution in [-0.4, -0.2) is 50.3 Å². The van der Waals surface area contributed by atoms with Crippen molar-refractivity contribution in [2.45, 2.75) is 25.7 Å². The van der Waals surface area contributed by atoms with E-state index in [9.17, 15) is 9.59 Å². The first-order chi connectivity index (χ1) is 18.9. The lowest BCUT2D eigenvalue weighted by Crippen LogP contribution is -2.32. The van der Waals surface area contributed by atoms with E-state index in [0.29, 0.717) is 16.8 Å². The van der Waals surface area contributed by atoms with Crippen molar-refractivity contribution < 1.29 is 28.5 Å². The Morgan fingerprint density at radius 1 is 1.05 bits per heavy atom. The SMILES string of the molecule is COc1cc2c(cc1OC)CN(CCc1ccc(NC(=O)c3ccccc3C3=[C]OC(C(N)=O)O3)cc1)CC2. The molecule has 0 fully saturated rings. The van der Waals surface area contributed by atoms with E-state index >= 15 is 0 Å². The highest BCUT2D eigenvalue weighted by Crippen LogP contribution is 2.33. The van der Waals surface area contributed by atoms with Crippen LogP contribution in [0.2, 0.25) is 0 Å². The average Bonchev–Trinajstić information content (AvgIpc) is 3.47. The summed E-state index contributed by atoms with van der Waals surface area (Å²) in [6, 6.07) is 18.8. The lowest BCUT2D eigenvalue weighted by molar-refractivity contribution is -0.140. The molecule has 1 atom stereocenters. The fourth-order valence-corrected chi connectivity index (χ4v) is 4.75. The number of carbonyl (C=O) groups is 2. The smallest absolute Gasteiger partial charge is 0.321 e. The summed E-state index contributed by atoms with van der Waals surface area (Å²) in [6.07, 6.45) is 3.13. The quantitative estimate of drug-likeness (QED) is 0.437. The van der Waals surface area contributed by atoms with Gasteiger partial charge in [-0.25, -0.2) is 0 Å². The summed E-state index contributed by atoms with van der Waals surface area (Å²) in [5.41, 5.74) is 10.5. The van der Waals surface area contributed by atoms with Crippen molar-refractivity contribution in [3.63, 3.8) is 0 Å². The molecule has 0 aromatic heterocycles. The van der Waals surface area contributed by atoms with Gasteiger partial charge in [0.2, 0.25) is 6.26 Å². The van der Waals surface area contributed by atoms with Crippen molar-refractivity contribution in [1.29, 1.82) is 0 Å². The Morgan fingerprint density at radius 3 is 2.46 bits per heavy atom. The molecule has 0 spiro atoms. The molecule has 9 heteroatoms. The maximum Gasteiger partial charge on any atom is 0.321 e. The van der Waals surface area contributed by atoms with Gasteiger partial charge >= 0.3 is 6.29 Å². The Hall–Kier alpha value is -4.50. The first-order valence-electron chi connectivity index (χ1n) is 12.7. The third-order valence-corrected chi connectivity index (χ3v) is 6.86. The summed E-state index contributed by atoms with van der Waals surface area (Å²) in [6.45, 7) is 2.78. The van der Waals surface area contributed by atoms with E-state index in [1.165, 1.54) is 16.7 Å². The van der Waals surface area contributed by atoms with Crippen molar-refractivity contribution in [3.05, 3.63) is 94.7 Å². The van der Waals surface area contributed by atoms with Crippen LogP contribution in [-0.2, 0) is 33.7 Å². The van der Waals surface area contributed by atoms with E-state index in [0.717, 1.165) is 44.0 Å². The summed E-state index contributed by atoms with van der Waals surface area (Å²) >= 11 is 0.